The van der Waals surface area contributed by atoms with Crippen LogP contribution in [0.1, 0.15) is 17.8 Å². The van der Waals surface area contributed by atoms with Gasteiger partial charge >= 0.3 is 0 Å². The number of benzene rings is 2. The smallest absolute Gasteiger partial charge is 0.258 e. The number of rotatable bonds is 3. The third-order valence-electron chi connectivity index (χ3n) is 5.25. The average molecular weight is 377 g/mol. The van der Waals surface area contributed by atoms with Gasteiger partial charge in [0.1, 0.15) is 5.82 Å². The standard InChI is InChI=1S/C21H16FN3O3/c22-14-7-5-13(6-8-14)21(9-10-27-12-21)20-24-19(28-25-20)16-11-18(26)23-17-4-2-1-3-15(16)17/h1-8,11H,9-10,12H2,(H,23,26)/t21-/m1/s1. The fourth-order valence-corrected chi connectivity index (χ4v) is 3.78. The first-order valence-corrected chi connectivity index (χ1v) is 8.96. The van der Waals surface area contributed by atoms with Crippen molar-refractivity contribution in [3.63, 3.8) is 0 Å². The van der Waals surface area contributed by atoms with E-state index in [2.05, 4.69) is 15.1 Å². The first-order valence-electron chi connectivity index (χ1n) is 8.96. The van der Waals surface area contributed by atoms with Crippen LogP contribution in [0.5, 0.6) is 0 Å². The largest absolute Gasteiger partial charge is 0.380 e. The highest BCUT2D eigenvalue weighted by Crippen LogP contribution is 2.39. The Labute approximate surface area is 159 Å². The van der Waals surface area contributed by atoms with Crippen molar-refractivity contribution in [3.8, 4) is 11.5 Å². The van der Waals surface area contributed by atoms with Gasteiger partial charge in [-0.2, -0.15) is 4.98 Å². The monoisotopic (exact) mass is 377 g/mol. The summed E-state index contributed by atoms with van der Waals surface area (Å²) in [6, 6.07) is 15.2. The van der Waals surface area contributed by atoms with Crippen molar-refractivity contribution in [3.05, 3.63) is 82.2 Å². The lowest BCUT2D eigenvalue weighted by Gasteiger charge is -2.23. The molecule has 1 aliphatic heterocycles. The molecule has 7 heteroatoms. The van der Waals surface area contributed by atoms with Gasteiger partial charge in [0.25, 0.3) is 5.89 Å². The fourth-order valence-electron chi connectivity index (χ4n) is 3.78. The van der Waals surface area contributed by atoms with Gasteiger partial charge in [0.05, 0.1) is 17.6 Å². The molecule has 3 heterocycles. The maximum absolute atomic E-state index is 13.4. The van der Waals surface area contributed by atoms with Crippen LogP contribution in [0.4, 0.5) is 4.39 Å². The molecule has 2 aromatic heterocycles. The molecule has 0 aliphatic carbocycles. The van der Waals surface area contributed by atoms with Crippen LogP contribution in [-0.2, 0) is 10.2 Å². The van der Waals surface area contributed by atoms with E-state index in [1.165, 1.54) is 18.2 Å². The Morgan fingerprint density at radius 3 is 2.71 bits per heavy atom. The molecule has 28 heavy (non-hydrogen) atoms. The molecule has 0 bridgehead atoms. The van der Waals surface area contributed by atoms with Crippen molar-refractivity contribution >= 4 is 10.9 Å². The summed E-state index contributed by atoms with van der Waals surface area (Å²) in [5, 5.41) is 5.03. The summed E-state index contributed by atoms with van der Waals surface area (Å²) in [6.45, 7) is 0.933. The molecule has 1 aliphatic rings. The van der Waals surface area contributed by atoms with E-state index in [4.69, 9.17) is 9.26 Å². The lowest BCUT2D eigenvalue weighted by Crippen LogP contribution is -2.29. The number of H-pyrrole nitrogens is 1. The number of pyridine rings is 1. The molecule has 1 atom stereocenters. The van der Waals surface area contributed by atoms with E-state index in [-0.39, 0.29) is 17.3 Å². The summed E-state index contributed by atoms with van der Waals surface area (Å²) in [7, 11) is 0. The van der Waals surface area contributed by atoms with Gasteiger partial charge in [-0.25, -0.2) is 4.39 Å². The number of nitrogens with zero attached hydrogens (tertiary/aromatic N) is 2. The quantitative estimate of drug-likeness (QED) is 0.592. The minimum atomic E-state index is -0.605. The molecule has 0 radical (unpaired) electrons. The zero-order chi connectivity index (χ0) is 19.1. The predicted molar refractivity (Wildman–Crippen MR) is 100 cm³/mol. The number of para-hydroxylation sites is 1. The van der Waals surface area contributed by atoms with Crippen LogP contribution < -0.4 is 5.56 Å². The fraction of sp³-hybridized carbons (Fsp3) is 0.190. The Morgan fingerprint density at radius 1 is 1.11 bits per heavy atom. The highest BCUT2D eigenvalue weighted by Gasteiger charge is 2.43. The summed E-state index contributed by atoms with van der Waals surface area (Å²) in [5.41, 5.74) is 1.29. The second-order valence-electron chi connectivity index (χ2n) is 6.91. The molecule has 0 spiro atoms. The van der Waals surface area contributed by atoms with Crippen LogP contribution in [0.15, 0.2) is 63.9 Å². The number of halogens is 1. The van der Waals surface area contributed by atoms with Gasteiger partial charge in [-0.1, -0.05) is 35.5 Å². The van der Waals surface area contributed by atoms with E-state index in [9.17, 15) is 9.18 Å². The van der Waals surface area contributed by atoms with Crippen molar-refractivity contribution < 1.29 is 13.7 Å². The second kappa shape index (κ2) is 6.38. The minimum Gasteiger partial charge on any atom is -0.380 e. The number of hydrogen-bond donors (Lipinski definition) is 1. The summed E-state index contributed by atoms with van der Waals surface area (Å²) in [5.74, 6) is 0.434. The zero-order valence-corrected chi connectivity index (χ0v) is 14.8. The lowest BCUT2D eigenvalue weighted by atomic mass is 9.79. The molecular formula is C21H16FN3O3. The number of aromatic nitrogens is 3. The maximum Gasteiger partial charge on any atom is 0.258 e. The maximum atomic E-state index is 13.4. The Kier molecular flexibility index (Phi) is 3.84. The molecule has 1 N–H and O–H groups in total. The normalized spacial score (nSPS) is 19.3. The van der Waals surface area contributed by atoms with Gasteiger partial charge in [0.2, 0.25) is 5.56 Å². The molecule has 5 rings (SSSR count). The van der Waals surface area contributed by atoms with Crippen molar-refractivity contribution in [2.24, 2.45) is 0 Å². The number of aromatic amines is 1. The number of hydrogen-bond acceptors (Lipinski definition) is 5. The molecular weight excluding hydrogens is 361 g/mol. The van der Waals surface area contributed by atoms with E-state index in [0.717, 1.165) is 10.9 Å². The van der Waals surface area contributed by atoms with Gasteiger partial charge in [-0.3, -0.25) is 4.79 Å². The van der Waals surface area contributed by atoms with E-state index in [0.29, 0.717) is 36.5 Å². The Bertz CT molecular complexity index is 1210. The van der Waals surface area contributed by atoms with Crippen molar-refractivity contribution in [1.29, 1.82) is 0 Å². The minimum absolute atomic E-state index is 0.245. The summed E-state index contributed by atoms with van der Waals surface area (Å²) in [6.07, 6.45) is 0.660. The van der Waals surface area contributed by atoms with Crippen molar-refractivity contribution in [2.75, 3.05) is 13.2 Å². The number of ether oxygens (including phenoxy) is 1. The summed E-state index contributed by atoms with van der Waals surface area (Å²) in [4.78, 5) is 19.5. The average Bonchev–Trinajstić information content (AvgIpc) is 3.38. The van der Waals surface area contributed by atoms with Crippen molar-refractivity contribution in [1.82, 2.24) is 15.1 Å². The molecule has 140 valence electrons. The predicted octanol–water partition coefficient (Wildman–Crippen LogP) is 3.42. The van der Waals surface area contributed by atoms with Crippen LogP contribution in [-0.4, -0.2) is 28.3 Å². The first kappa shape index (κ1) is 16.8. The topological polar surface area (TPSA) is 81.0 Å². The van der Waals surface area contributed by atoms with Crippen LogP contribution in [0, 0.1) is 5.82 Å². The molecule has 2 aromatic carbocycles. The lowest BCUT2D eigenvalue weighted by molar-refractivity contribution is 0.182. The zero-order valence-electron chi connectivity index (χ0n) is 14.8. The van der Waals surface area contributed by atoms with E-state index in [1.807, 2.05) is 24.3 Å². The first-order chi connectivity index (χ1) is 13.7. The Hall–Kier alpha value is -3.32. The molecule has 0 amide bonds. The molecule has 1 saturated heterocycles. The Morgan fingerprint density at radius 2 is 1.93 bits per heavy atom. The second-order valence-corrected chi connectivity index (χ2v) is 6.91. The van der Waals surface area contributed by atoms with Gasteiger partial charge in [0, 0.05) is 23.6 Å². The van der Waals surface area contributed by atoms with Crippen molar-refractivity contribution in [2.45, 2.75) is 11.8 Å². The van der Waals surface area contributed by atoms with Gasteiger partial charge < -0.3 is 14.2 Å². The molecule has 0 unspecified atom stereocenters. The summed E-state index contributed by atoms with van der Waals surface area (Å²) >= 11 is 0. The highest BCUT2D eigenvalue weighted by molar-refractivity contribution is 5.91. The molecule has 6 nitrogen and oxygen atoms in total. The molecule has 1 fully saturated rings. The van der Waals surface area contributed by atoms with Gasteiger partial charge in [0.15, 0.2) is 5.82 Å². The van der Waals surface area contributed by atoms with Gasteiger partial charge in [-0.15, -0.1) is 0 Å². The van der Waals surface area contributed by atoms with E-state index < -0.39 is 5.41 Å². The Balaban J connectivity index is 1.65. The van der Waals surface area contributed by atoms with E-state index in [1.54, 1.807) is 12.1 Å². The van der Waals surface area contributed by atoms with Crippen LogP contribution in [0.25, 0.3) is 22.4 Å². The third kappa shape index (κ3) is 2.63. The van der Waals surface area contributed by atoms with Crippen LogP contribution in [0.2, 0.25) is 0 Å². The highest BCUT2D eigenvalue weighted by atomic mass is 19.1. The van der Waals surface area contributed by atoms with Crippen LogP contribution >= 0.6 is 0 Å². The van der Waals surface area contributed by atoms with Gasteiger partial charge in [-0.05, 0) is 30.2 Å². The van der Waals surface area contributed by atoms with Crippen LogP contribution in [0.3, 0.4) is 0 Å². The summed E-state index contributed by atoms with van der Waals surface area (Å²) < 4.78 is 24.6. The molecule has 4 aromatic rings. The van der Waals surface area contributed by atoms with E-state index >= 15 is 0 Å². The SMILES string of the molecule is O=c1cc(-c2nc([C@]3(c4ccc(F)cc4)CCOC3)no2)c2ccccc2[nH]1. The molecule has 0 saturated carbocycles. The number of fused-ring (bicyclic) bond motifs is 1. The third-order valence-corrected chi connectivity index (χ3v) is 5.25. The number of nitrogens with one attached hydrogen (secondary N) is 1.